The second-order valence-electron chi connectivity index (χ2n) is 7.04. The number of nitrogens with one attached hydrogen (secondary N) is 1. The number of hydrogen-bond acceptors (Lipinski definition) is 4. The van der Waals surface area contributed by atoms with Crippen molar-refractivity contribution < 1.29 is 13.2 Å². The van der Waals surface area contributed by atoms with E-state index < -0.39 is 16.1 Å². The van der Waals surface area contributed by atoms with Crippen LogP contribution >= 0.6 is 23.2 Å². The van der Waals surface area contributed by atoms with Gasteiger partial charge in [-0.2, -0.15) is 4.31 Å². The third-order valence-electron chi connectivity index (χ3n) is 5.05. The van der Waals surface area contributed by atoms with Crippen molar-refractivity contribution in [2.24, 2.45) is 0 Å². The molecule has 0 aromatic heterocycles. The van der Waals surface area contributed by atoms with E-state index in [1.54, 1.807) is 49.4 Å². The van der Waals surface area contributed by atoms with Crippen LogP contribution in [0.25, 0.3) is 0 Å². The van der Waals surface area contributed by atoms with E-state index in [1.165, 1.54) is 4.31 Å². The number of aryl methyl sites for hydroxylation is 1. The fourth-order valence-electron chi connectivity index (χ4n) is 3.19. The second-order valence-corrected chi connectivity index (χ2v) is 9.82. The number of rotatable bonds is 5. The van der Waals surface area contributed by atoms with Gasteiger partial charge in [0.05, 0.1) is 21.6 Å². The Morgan fingerprint density at radius 3 is 2.28 bits per heavy atom. The molecule has 0 saturated carbocycles. The summed E-state index contributed by atoms with van der Waals surface area (Å²) in [5.41, 5.74) is 1.46. The van der Waals surface area contributed by atoms with Gasteiger partial charge in [-0.3, -0.25) is 9.69 Å². The molecule has 0 aliphatic carbocycles. The summed E-state index contributed by atoms with van der Waals surface area (Å²) in [5.74, 6) is -0.219. The highest BCUT2D eigenvalue weighted by molar-refractivity contribution is 7.89. The van der Waals surface area contributed by atoms with E-state index in [0.717, 1.165) is 5.56 Å². The van der Waals surface area contributed by atoms with Gasteiger partial charge in [-0.15, -0.1) is 0 Å². The van der Waals surface area contributed by atoms with Gasteiger partial charge < -0.3 is 5.32 Å². The first-order chi connectivity index (χ1) is 13.7. The fraction of sp³-hybridized carbons (Fsp3) is 0.350. The second kappa shape index (κ2) is 9.02. The number of carbonyl (C=O) groups is 1. The van der Waals surface area contributed by atoms with Crippen LogP contribution in [-0.2, 0) is 14.8 Å². The number of hydrogen-bond donors (Lipinski definition) is 1. The number of amides is 1. The minimum atomic E-state index is -3.53. The molecule has 156 valence electrons. The molecule has 2 aromatic carbocycles. The van der Waals surface area contributed by atoms with Crippen molar-refractivity contribution in [2.75, 3.05) is 31.5 Å². The molecule has 0 radical (unpaired) electrons. The average Bonchev–Trinajstić information content (AvgIpc) is 2.70. The smallest absolute Gasteiger partial charge is 0.243 e. The zero-order chi connectivity index (χ0) is 21.2. The lowest BCUT2D eigenvalue weighted by Gasteiger charge is -2.36. The van der Waals surface area contributed by atoms with Gasteiger partial charge in [0.25, 0.3) is 0 Å². The Bertz CT molecular complexity index is 989. The predicted octanol–water partition coefficient (Wildman–Crippen LogP) is 3.64. The number of sulfonamides is 1. The first kappa shape index (κ1) is 22.1. The summed E-state index contributed by atoms with van der Waals surface area (Å²) < 4.78 is 27.1. The van der Waals surface area contributed by atoms with Gasteiger partial charge in [0.2, 0.25) is 15.9 Å². The summed E-state index contributed by atoms with van der Waals surface area (Å²) in [5, 5.41) is 3.68. The molecular formula is C20H23Cl2N3O3S. The van der Waals surface area contributed by atoms with Crippen molar-refractivity contribution in [2.45, 2.75) is 24.8 Å². The van der Waals surface area contributed by atoms with Gasteiger partial charge in [0, 0.05) is 31.2 Å². The van der Waals surface area contributed by atoms with Gasteiger partial charge in [-0.25, -0.2) is 8.42 Å². The van der Waals surface area contributed by atoms with E-state index in [4.69, 9.17) is 23.2 Å². The molecule has 2 aromatic rings. The Kier molecular flexibility index (Phi) is 6.86. The van der Waals surface area contributed by atoms with Crippen LogP contribution in [-0.4, -0.2) is 55.8 Å². The molecule has 1 N–H and O–H groups in total. The summed E-state index contributed by atoms with van der Waals surface area (Å²) in [7, 11) is -3.53. The predicted molar refractivity (Wildman–Crippen MR) is 116 cm³/mol. The van der Waals surface area contributed by atoms with Gasteiger partial charge >= 0.3 is 0 Å². The molecule has 1 amide bonds. The van der Waals surface area contributed by atoms with Crippen molar-refractivity contribution in [3.63, 3.8) is 0 Å². The normalized spacial score (nSPS) is 17.1. The van der Waals surface area contributed by atoms with Crippen LogP contribution in [0, 0.1) is 6.92 Å². The SMILES string of the molecule is Cc1ccc(S(=O)(=O)N2CCN(C(C)C(=O)Nc3cc(Cl)ccc3Cl)CC2)cc1. The molecule has 3 rings (SSSR count). The fourth-order valence-corrected chi connectivity index (χ4v) is 4.95. The number of nitrogens with zero attached hydrogens (tertiary/aromatic N) is 2. The average molecular weight is 456 g/mol. The third kappa shape index (κ3) is 5.10. The Labute approximate surface area is 181 Å². The van der Waals surface area contributed by atoms with Crippen LogP contribution in [0.2, 0.25) is 10.0 Å². The Balaban J connectivity index is 1.61. The first-order valence-electron chi connectivity index (χ1n) is 9.25. The van der Waals surface area contributed by atoms with E-state index in [1.807, 2.05) is 11.8 Å². The summed E-state index contributed by atoms with van der Waals surface area (Å²) in [6.07, 6.45) is 0. The van der Waals surface area contributed by atoms with Crippen LogP contribution in [0.1, 0.15) is 12.5 Å². The van der Waals surface area contributed by atoms with E-state index in [0.29, 0.717) is 41.9 Å². The highest BCUT2D eigenvalue weighted by Gasteiger charge is 2.31. The highest BCUT2D eigenvalue weighted by atomic mass is 35.5. The van der Waals surface area contributed by atoms with Gasteiger partial charge in [0.15, 0.2) is 0 Å². The monoisotopic (exact) mass is 455 g/mol. The lowest BCUT2D eigenvalue weighted by Crippen LogP contribution is -2.53. The molecule has 1 aliphatic rings. The van der Waals surface area contributed by atoms with Gasteiger partial charge in [0.1, 0.15) is 0 Å². The molecule has 29 heavy (non-hydrogen) atoms. The molecule has 6 nitrogen and oxygen atoms in total. The highest BCUT2D eigenvalue weighted by Crippen LogP contribution is 2.26. The van der Waals surface area contributed by atoms with E-state index >= 15 is 0 Å². The molecule has 1 aliphatic heterocycles. The first-order valence-corrected chi connectivity index (χ1v) is 11.4. The van der Waals surface area contributed by atoms with Crippen molar-refractivity contribution in [1.82, 2.24) is 9.21 Å². The number of anilines is 1. The van der Waals surface area contributed by atoms with Gasteiger partial charge in [-0.1, -0.05) is 40.9 Å². The minimum absolute atomic E-state index is 0.219. The van der Waals surface area contributed by atoms with Crippen molar-refractivity contribution in [3.8, 4) is 0 Å². The minimum Gasteiger partial charge on any atom is -0.323 e. The van der Waals surface area contributed by atoms with Crippen LogP contribution in [0.15, 0.2) is 47.4 Å². The molecular weight excluding hydrogens is 433 g/mol. The maximum atomic E-state index is 12.8. The van der Waals surface area contributed by atoms with Crippen molar-refractivity contribution in [1.29, 1.82) is 0 Å². The molecule has 0 spiro atoms. The molecule has 9 heteroatoms. The molecule has 1 atom stereocenters. The maximum absolute atomic E-state index is 12.8. The topological polar surface area (TPSA) is 69.7 Å². The molecule has 1 saturated heterocycles. The molecule has 0 bridgehead atoms. The standard InChI is InChI=1S/C20H23Cl2N3O3S/c1-14-3-6-17(7-4-14)29(27,28)25-11-9-24(10-12-25)15(2)20(26)23-19-13-16(21)5-8-18(19)22/h3-8,13,15H,9-12H2,1-2H3,(H,23,26). The Morgan fingerprint density at radius 2 is 1.66 bits per heavy atom. The number of piperazine rings is 1. The summed E-state index contributed by atoms with van der Waals surface area (Å²) in [4.78, 5) is 14.9. The third-order valence-corrected chi connectivity index (χ3v) is 7.52. The molecule has 1 heterocycles. The molecule has 1 unspecified atom stereocenters. The molecule has 1 fully saturated rings. The zero-order valence-corrected chi connectivity index (χ0v) is 18.6. The quantitative estimate of drug-likeness (QED) is 0.746. The van der Waals surface area contributed by atoms with E-state index in [-0.39, 0.29) is 10.8 Å². The van der Waals surface area contributed by atoms with Crippen molar-refractivity contribution >= 4 is 44.8 Å². The van der Waals surface area contributed by atoms with Crippen molar-refractivity contribution in [3.05, 3.63) is 58.1 Å². The summed E-state index contributed by atoms with van der Waals surface area (Å²) >= 11 is 12.1. The Morgan fingerprint density at radius 1 is 1.03 bits per heavy atom. The zero-order valence-electron chi connectivity index (χ0n) is 16.2. The lowest BCUT2D eigenvalue weighted by atomic mass is 10.2. The number of carbonyl (C=O) groups excluding carboxylic acids is 1. The number of halogens is 2. The maximum Gasteiger partial charge on any atom is 0.243 e. The number of benzene rings is 2. The largest absolute Gasteiger partial charge is 0.323 e. The van der Waals surface area contributed by atoms with E-state index in [9.17, 15) is 13.2 Å². The van der Waals surface area contributed by atoms with Crippen LogP contribution in [0.3, 0.4) is 0 Å². The van der Waals surface area contributed by atoms with Crippen LogP contribution < -0.4 is 5.32 Å². The summed E-state index contributed by atoms with van der Waals surface area (Å²) in [6, 6.07) is 11.3. The summed E-state index contributed by atoms with van der Waals surface area (Å²) in [6.45, 7) is 5.28. The Hall–Kier alpha value is -1.64. The van der Waals surface area contributed by atoms with Crippen LogP contribution in [0.4, 0.5) is 5.69 Å². The van der Waals surface area contributed by atoms with E-state index in [2.05, 4.69) is 5.32 Å². The van der Waals surface area contributed by atoms with Crippen LogP contribution in [0.5, 0.6) is 0 Å². The van der Waals surface area contributed by atoms with Gasteiger partial charge in [-0.05, 0) is 44.2 Å². The lowest BCUT2D eigenvalue weighted by molar-refractivity contribution is -0.121.